The molecule has 0 unspecified atom stereocenters. The lowest BCUT2D eigenvalue weighted by Crippen LogP contribution is -2.24. The molecular formula is C17H27NO3. The minimum atomic E-state index is 0.556. The van der Waals surface area contributed by atoms with E-state index in [0.717, 1.165) is 38.8 Å². The van der Waals surface area contributed by atoms with Gasteiger partial charge >= 0.3 is 0 Å². The lowest BCUT2D eigenvalue weighted by molar-refractivity contribution is 0.112. The number of aldehydes is 1. The number of unbranched alkanes of at least 4 members (excludes halogenated alkanes) is 1. The van der Waals surface area contributed by atoms with Crippen molar-refractivity contribution in [3.63, 3.8) is 0 Å². The zero-order valence-corrected chi connectivity index (χ0v) is 13.4. The molecule has 0 fully saturated rings. The van der Waals surface area contributed by atoms with Gasteiger partial charge in [-0.25, -0.2) is 0 Å². The van der Waals surface area contributed by atoms with Gasteiger partial charge in [-0.15, -0.1) is 0 Å². The van der Waals surface area contributed by atoms with Gasteiger partial charge < -0.3 is 14.4 Å². The van der Waals surface area contributed by atoms with Crippen molar-refractivity contribution in [2.45, 2.75) is 33.6 Å². The summed E-state index contributed by atoms with van der Waals surface area (Å²) in [5.74, 6) is 1.36. The van der Waals surface area contributed by atoms with Gasteiger partial charge in [-0.3, -0.25) is 4.79 Å². The minimum absolute atomic E-state index is 0.556. The molecule has 0 heterocycles. The predicted octanol–water partition coefficient (Wildman–Crippen LogP) is 3.40. The summed E-state index contributed by atoms with van der Waals surface area (Å²) < 4.78 is 11.3. The van der Waals surface area contributed by atoms with Crippen LogP contribution in [-0.2, 0) is 0 Å². The molecule has 1 rings (SSSR count). The lowest BCUT2D eigenvalue weighted by atomic mass is 10.2. The van der Waals surface area contributed by atoms with E-state index in [-0.39, 0.29) is 0 Å². The van der Waals surface area contributed by atoms with Crippen LogP contribution in [0.5, 0.6) is 11.5 Å². The van der Waals surface area contributed by atoms with Gasteiger partial charge in [0, 0.05) is 5.56 Å². The highest BCUT2D eigenvalue weighted by Crippen LogP contribution is 2.28. The van der Waals surface area contributed by atoms with Crippen molar-refractivity contribution in [3.05, 3.63) is 23.8 Å². The second-order valence-corrected chi connectivity index (χ2v) is 4.84. The first-order valence-electron chi connectivity index (χ1n) is 7.82. The molecule has 0 N–H and O–H groups in total. The molecule has 0 aliphatic carbocycles. The SMILES string of the molecule is CCOc1cc(C=O)ccc1OCCCCN(CC)CC. The summed E-state index contributed by atoms with van der Waals surface area (Å²) >= 11 is 0. The average molecular weight is 293 g/mol. The third-order valence-corrected chi connectivity index (χ3v) is 3.42. The molecular weight excluding hydrogens is 266 g/mol. The van der Waals surface area contributed by atoms with Crippen LogP contribution in [0.15, 0.2) is 18.2 Å². The lowest BCUT2D eigenvalue weighted by Gasteiger charge is -2.17. The van der Waals surface area contributed by atoms with E-state index in [1.54, 1.807) is 18.2 Å². The van der Waals surface area contributed by atoms with Crippen molar-refractivity contribution in [2.75, 3.05) is 32.8 Å². The van der Waals surface area contributed by atoms with Crippen LogP contribution in [0.2, 0.25) is 0 Å². The fourth-order valence-corrected chi connectivity index (χ4v) is 2.14. The first-order valence-corrected chi connectivity index (χ1v) is 7.82. The van der Waals surface area contributed by atoms with E-state index in [1.165, 1.54) is 0 Å². The Morgan fingerprint density at radius 2 is 1.81 bits per heavy atom. The maximum Gasteiger partial charge on any atom is 0.161 e. The molecule has 21 heavy (non-hydrogen) atoms. The molecule has 1 aromatic carbocycles. The summed E-state index contributed by atoms with van der Waals surface area (Å²) in [6, 6.07) is 5.28. The third kappa shape index (κ3) is 6.17. The van der Waals surface area contributed by atoms with Crippen LogP contribution in [0.1, 0.15) is 44.0 Å². The average Bonchev–Trinajstić information content (AvgIpc) is 2.52. The molecule has 0 aliphatic heterocycles. The van der Waals surface area contributed by atoms with E-state index in [9.17, 15) is 4.79 Å². The normalized spacial score (nSPS) is 10.7. The standard InChI is InChI=1S/C17H27NO3/c1-4-18(5-2)11-7-8-12-21-16-10-9-15(14-19)13-17(16)20-6-3/h9-10,13-14H,4-8,11-12H2,1-3H3. The van der Waals surface area contributed by atoms with Crippen molar-refractivity contribution in [3.8, 4) is 11.5 Å². The highest BCUT2D eigenvalue weighted by atomic mass is 16.5. The number of hydrogen-bond acceptors (Lipinski definition) is 4. The molecule has 118 valence electrons. The topological polar surface area (TPSA) is 38.8 Å². The Morgan fingerprint density at radius 1 is 1.05 bits per heavy atom. The molecule has 0 saturated heterocycles. The highest BCUT2D eigenvalue weighted by molar-refractivity contribution is 5.76. The number of carbonyl (C=O) groups is 1. The molecule has 0 atom stereocenters. The molecule has 0 bridgehead atoms. The number of benzene rings is 1. The van der Waals surface area contributed by atoms with E-state index >= 15 is 0 Å². The van der Waals surface area contributed by atoms with E-state index in [2.05, 4.69) is 18.7 Å². The quantitative estimate of drug-likeness (QED) is 0.463. The van der Waals surface area contributed by atoms with Crippen LogP contribution in [0.3, 0.4) is 0 Å². The van der Waals surface area contributed by atoms with Gasteiger partial charge in [0.15, 0.2) is 11.5 Å². The Kier molecular flexibility index (Phi) is 8.51. The first-order chi connectivity index (χ1) is 10.2. The largest absolute Gasteiger partial charge is 0.490 e. The third-order valence-electron chi connectivity index (χ3n) is 3.42. The number of hydrogen-bond donors (Lipinski definition) is 0. The van der Waals surface area contributed by atoms with E-state index in [0.29, 0.717) is 30.3 Å². The van der Waals surface area contributed by atoms with Crippen LogP contribution >= 0.6 is 0 Å². The molecule has 0 radical (unpaired) electrons. The molecule has 0 amide bonds. The Hall–Kier alpha value is -1.55. The molecule has 1 aromatic rings. The highest BCUT2D eigenvalue weighted by Gasteiger charge is 2.06. The Labute approximate surface area is 128 Å². The molecule has 0 aromatic heterocycles. The summed E-state index contributed by atoms with van der Waals surface area (Å²) in [4.78, 5) is 13.2. The fourth-order valence-electron chi connectivity index (χ4n) is 2.14. The Morgan fingerprint density at radius 3 is 2.43 bits per heavy atom. The predicted molar refractivity (Wildman–Crippen MR) is 85.5 cm³/mol. The Bertz CT molecular complexity index is 416. The number of rotatable bonds is 11. The fraction of sp³-hybridized carbons (Fsp3) is 0.588. The Balaban J connectivity index is 2.42. The van der Waals surface area contributed by atoms with Gasteiger partial charge in [0.25, 0.3) is 0 Å². The second kappa shape index (κ2) is 10.2. The van der Waals surface area contributed by atoms with E-state index in [1.807, 2.05) is 6.92 Å². The minimum Gasteiger partial charge on any atom is -0.490 e. The summed E-state index contributed by atoms with van der Waals surface area (Å²) in [5.41, 5.74) is 0.604. The zero-order valence-electron chi connectivity index (χ0n) is 13.4. The molecule has 0 saturated carbocycles. The molecule has 0 spiro atoms. The first kappa shape index (κ1) is 17.5. The van der Waals surface area contributed by atoms with Crippen molar-refractivity contribution in [1.29, 1.82) is 0 Å². The van der Waals surface area contributed by atoms with E-state index in [4.69, 9.17) is 9.47 Å². The van der Waals surface area contributed by atoms with Gasteiger partial charge in [0.05, 0.1) is 13.2 Å². The van der Waals surface area contributed by atoms with Crippen LogP contribution < -0.4 is 9.47 Å². The van der Waals surface area contributed by atoms with Crippen molar-refractivity contribution >= 4 is 6.29 Å². The molecule has 0 aliphatic rings. The smallest absolute Gasteiger partial charge is 0.161 e. The van der Waals surface area contributed by atoms with Crippen LogP contribution in [0, 0.1) is 0 Å². The summed E-state index contributed by atoms with van der Waals surface area (Å²) in [6.07, 6.45) is 2.95. The number of carbonyl (C=O) groups excluding carboxylic acids is 1. The van der Waals surface area contributed by atoms with E-state index < -0.39 is 0 Å². The van der Waals surface area contributed by atoms with Gasteiger partial charge in [0.2, 0.25) is 0 Å². The van der Waals surface area contributed by atoms with Crippen LogP contribution in [-0.4, -0.2) is 44.0 Å². The van der Waals surface area contributed by atoms with Gasteiger partial charge in [-0.05, 0) is 57.6 Å². The maximum atomic E-state index is 10.8. The summed E-state index contributed by atoms with van der Waals surface area (Å²) in [7, 11) is 0. The van der Waals surface area contributed by atoms with Gasteiger partial charge in [-0.1, -0.05) is 13.8 Å². The van der Waals surface area contributed by atoms with Gasteiger partial charge in [-0.2, -0.15) is 0 Å². The number of nitrogens with zero attached hydrogens (tertiary/aromatic N) is 1. The van der Waals surface area contributed by atoms with Crippen LogP contribution in [0.25, 0.3) is 0 Å². The maximum absolute atomic E-state index is 10.8. The monoisotopic (exact) mass is 293 g/mol. The van der Waals surface area contributed by atoms with Crippen LogP contribution in [0.4, 0.5) is 0 Å². The van der Waals surface area contributed by atoms with Crippen molar-refractivity contribution < 1.29 is 14.3 Å². The summed E-state index contributed by atoms with van der Waals surface area (Å²) in [6.45, 7) is 10.8. The van der Waals surface area contributed by atoms with Gasteiger partial charge in [0.1, 0.15) is 6.29 Å². The molecule has 4 heteroatoms. The van der Waals surface area contributed by atoms with Crippen molar-refractivity contribution in [2.24, 2.45) is 0 Å². The second-order valence-electron chi connectivity index (χ2n) is 4.84. The number of ether oxygens (including phenoxy) is 2. The van der Waals surface area contributed by atoms with Crippen molar-refractivity contribution in [1.82, 2.24) is 4.90 Å². The summed E-state index contributed by atoms with van der Waals surface area (Å²) in [5, 5.41) is 0. The molecule has 4 nitrogen and oxygen atoms in total. The zero-order chi connectivity index (χ0) is 15.5.